The number of carbonyl (C=O) groups excluding carboxylic acids is 2. The van der Waals surface area contributed by atoms with E-state index in [0.29, 0.717) is 22.9 Å². The quantitative estimate of drug-likeness (QED) is 0.718. The van der Waals surface area contributed by atoms with Gasteiger partial charge in [0, 0.05) is 17.7 Å². The highest BCUT2D eigenvalue weighted by Crippen LogP contribution is 2.31. The van der Waals surface area contributed by atoms with Crippen molar-refractivity contribution in [1.29, 1.82) is 0 Å². The van der Waals surface area contributed by atoms with Gasteiger partial charge in [0.25, 0.3) is 5.91 Å². The second-order valence-electron chi connectivity index (χ2n) is 7.55. The smallest absolute Gasteiger partial charge is 0.308 e. The Morgan fingerprint density at radius 3 is 2.24 bits per heavy atom. The Balaban J connectivity index is 1.81. The number of hydrogen-bond donors (Lipinski definition) is 1. The van der Waals surface area contributed by atoms with E-state index in [0.717, 1.165) is 5.56 Å². The van der Waals surface area contributed by atoms with Crippen LogP contribution in [0, 0.1) is 11.8 Å². The number of anilines is 1. The van der Waals surface area contributed by atoms with Crippen molar-refractivity contribution in [3.05, 3.63) is 65.7 Å². The minimum absolute atomic E-state index is 0.262. The van der Waals surface area contributed by atoms with Crippen LogP contribution in [-0.2, 0) is 9.59 Å². The molecule has 2 aromatic rings. The van der Waals surface area contributed by atoms with E-state index in [1.165, 1.54) is 5.01 Å². The van der Waals surface area contributed by atoms with Crippen LogP contribution in [0.2, 0.25) is 0 Å². The summed E-state index contributed by atoms with van der Waals surface area (Å²) < 4.78 is 0. The Morgan fingerprint density at radius 1 is 1.07 bits per heavy atom. The summed E-state index contributed by atoms with van der Waals surface area (Å²) in [5, 5.41) is 15.2. The normalized spacial score (nSPS) is 17.4. The first-order valence-electron chi connectivity index (χ1n) is 9.59. The fraction of sp³-hybridized carbons (Fsp3) is 0.304. The topological polar surface area (TPSA) is 87.0 Å². The lowest BCUT2D eigenvalue weighted by Gasteiger charge is -2.19. The van der Waals surface area contributed by atoms with Crippen LogP contribution < -0.4 is 5.01 Å². The molecule has 0 saturated carbocycles. The van der Waals surface area contributed by atoms with Gasteiger partial charge in [-0.3, -0.25) is 14.4 Å². The molecule has 1 N–H and O–H groups in total. The van der Waals surface area contributed by atoms with Gasteiger partial charge in [-0.25, -0.2) is 5.01 Å². The molecule has 1 heterocycles. The summed E-state index contributed by atoms with van der Waals surface area (Å²) in [6.45, 7) is 5.75. The number of carboxylic acids is 1. The van der Waals surface area contributed by atoms with Crippen LogP contribution in [0.25, 0.3) is 0 Å². The molecule has 0 radical (unpaired) electrons. The number of benzene rings is 2. The zero-order valence-corrected chi connectivity index (χ0v) is 16.7. The second kappa shape index (κ2) is 8.39. The van der Waals surface area contributed by atoms with Crippen molar-refractivity contribution >= 4 is 29.1 Å². The molecule has 2 atom stereocenters. The summed E-state index contributed by atoms with van der Waals surface area (Å²) in [6, 6.07) is 16.0. The van der Waals surface area contributed by atoms with Crippen LogP contribution in [0.5, 0.6) is 0 Å². The minimum atomic E-state index is -1.18. The monoisotopic (exact) mass is 392 g/mol. The molecule has 1 amide bonds. The third-order valence-electron chi connectivity index (χ3n) is 5.21. The molecular formula is C23H24N2O4. The number of amides is 1. The van der Waals surface area contributed by atoms with Crippen LogP contribution in [-0.4, -0.2) is 28.5 Å². The molecule has 6 heteroatoms. The molecule has 1 aliphatic heterocycles. The highest BCUT2D eigenvalue weighted by atomic mass is 16.4. The maximum Gasteiger partial charge on any atom is 0.308 e. The Bertz CT molecular complexity index is 949. The molecule has 1 aliphatic rings. The second-order valence-corrected chi connectivity index (χ2v) is 7.55. The minimum Gasteiger partial charge on any atom is -0.481 e. The molecule has 6 nitrogen and oxygen atoms in total. The number of aliphatic carboxylic acids is 1. The molecule has 0 bridgehead atoms. The first kappa shape index (κ1) is 20.5. The largest absolute Gasteiger partial charge is 0.481 e. The van der Waals surface area contributed by atoms with E-state index in [1.54, 1.807) is 43.3 Å². The number of carbonyl (C=O) groups is 3. The summed E-state index contributed by atoms with van der Waals surface area (Å²) in [5.74, 6) is -3.70. The van der Waals surface area contributed by atoms with Crippen molar-refractivity contribution in [2.75, 3.05) is 5.01 Å². The molecule has 0 aliphatic carbocycles. The van der Waals surface area contributed by atoms with Crippen molar-refractivity contribution < 1.29 is 19.5 Å². The Kier molecular flexibility index (Phi) is 5.92. The van der Waals surface area contributed by atoms with E-state index < -0.39 is 23.7 Å². The molecule has 29 heavy (non-hydrogen) atoms. The summed E-state index contributed by atoms with van der Waals surface area (Å²) >= 11 is 0. The van der Waals surface area contributed by atoms with Crippen LogP contribution in [0.4, 0.5) is 5.69 Å². The van der Waals surface area contributed by atoms with Gasteiger partial charge in [-0.1, -0.05) is 56.3 Å². The molecule has 0 aromatic heterocycles. The molecule has 0 saturated heterocycles. The molecule has 0 spiro atoms. The van der Waals surface area contributed by atoms with Gasteiger partial charge in [-0.15, -0.1) is 0 Å². The SMILES string of the molecule is CC1=NN(c2ccccc2)C(=O)[C@@H]1[C@@H](CC(=O)c1ccc(C(C)C)cc1)C(=O)O. The standard InChI is InChI=1S/C23H24N2O4/c1-14(2)16-9-11-17(12-10-16)20(26)13-19(23(28)29)21-15(3)24-25(22(21)27)18-7-5-4-6-8-18/h4-12,14,19,21H,13H2,1-3H3,(H,28,29)/t19-,21+/m1/s1. The molecule has 0 unspecified atom stereocenters. The number of para-hydroxylation sites is 1. The summed E-state index contributed by atoms with van der Waals surface area (Å²) in [7, 11) is 0. The number of hydrogen-bond acceptors (Lipinski definition) is 4. The van der Waals surface area contributed by atoms with Crippen molar-refractivity contribution in [3.8, 4) is 0 Å². The van der Waals surface area contributed by atoms with Crippen molar-refractivity contribution in [3.63, 3.8) is 0 Å². The number of nitrogens with zero attached hydrogens (tertiary/aromatic N) is 2. The van der Waals surface area contributed by atoms with E-state index in [2.05, 4.69) is 18.9 Å². The summed E-state index contributed by atoms with van der Waals surface area (Å²) in [4.78, 5) is 37.6. The maximum atomic E-state index is 12.9. The van der Waals surface area contributed by atoms with Crippen molar-refractivity contribution in [1.82, 2.24) is 0 Å². The number of hydrazone groups is 1. The zero-order valence-electron chi connectivity index (χ0n) is 16.7. The third kappa shape index (κ3) is 4.26. The van der Waals surface area contributed by atoms with Crippen molar-refractivity contribution in [2.24, 2.45) is 16.9 Å². The third-order valence-corrected chi connectivity index (χ3v) is 5.21. The van der Waals surface area contributed by atoms with E-state index in [1.807, 2.05) is 18.2 Å². The lowest BCUT2D eigenvalue weighted by Crippen LogP contribution is -2.37. The number of Topliss-reactive ketones (excluding diaryl/α,β-unsaturated/α-hetero) is 1. The van der Waals surface area contributed by atoms with Crippen LogP contribution in [0.1, 0.15) is 49.0 Å². The van der Waals surface area contributed by atoms with E-state index in [-0.39, 0.29) is 12.2 Å². The number of rotatable bonds is 7. The van der Waals surface area contributed by atoms with Crippen LogP contribution >= 0.6 is 0 Å². The van der Waals surface area contributed by atoms with E-state index >= 15 is 0 Å². The van der Waals surface area contributed by atoms with Gasteiger partial charge in [-0.2, -0.15) is 5.10 Å². The van der Waals surface area contributed by atoms with Crippen molar-refractivity contribution in [2.45, 2.75) is 33.1 Å². The Hall–Kier alpha value is -3.28. The molecular weight excluding hydrogens is 368 g/mol. The molecule has 150 valence electrons. The zero-order chi connectivity index (χ0) is 21.1. The van der Waals surface area contributed by atoms with Gasteiger partial charge in [-0.05, 0) is 30.5 Å². The predicted molar refractivity (Wildman–Crippen MR) is 111 cm³/mol. The average Bonchev–Trinajstić information content (AvgIpc) is 3.00. The fourth-order valence-corrected chi connectivity index (χ4v) is 3.52. The number of carboxylic acid groups (broad SMARTS) is 1. The van der Waals surface area contributed by atoms with Crippen LogP contribution in [0.15, 0.2) is 59.7 Å². The highest BCUT2D eigenvalue weighted by Gasteiger charge is 2.44. The van der Waals surface area contributed by atoms with Gasteiger partial charge in [0.2, 0.25) is 0 Å². The lowest BCUT2D eigenvalue weighted by molar-refractivity contribution is -0.144. The lowest BCUT2D eigenvalue weighted by atomic mass is 9.83. The Morgan fingerprint density at radius 2 is 1.69 bits per heavy atom. The van der Waals surface area contributed by atoms with Gasteiger partial charge >= 0.3 is 5.97 Å². The van der Waals surface area contributed by atoms with Gasteiger partial charge < -0.3 is 5.11 Å². The van der Waals surface area contributed by atoms with Gasteiger partial charge in [0.05, 0.1) is 17.5 Å². The van der Waals surface area contributed by atoms with Crippen LogP contribution in [0.3, 0.4) is 0 Å². The summed E-state index contributed by atoms with van der Waals surface area (Å²) in [5.41, 5.74) is 2.51. The fourth-order valence-electron chi connectivity index (χ4n) is 3.52. The van der Waals surface area contributed by atoms with E-state index in [9.17, 15) is 19.5 Å². The van der Waals surface area contributed by atoms with Gasteiger partial charge in [0.15, 0.2) is 5.78 Å². The summed E-state index contributed by atoms with van der Waals surface area (Å²) in [6.07, 6.45) is -0.262. The first-order chi connectivity index (χ1) is 13.8. The first-order valence-corrected chi connectivity index (χ1v) is 9.59. The Labute approximate surface area is 169 Å². The molecule has 2 aromatic carbocycles. The maximum absolute atomic E-state index is 12.9. The van der Waals surface area contributed by atoms with E-state index in [4.69, 9.17) is 0 Å². The van der Waals surface area contributed by atoms with Gasteiger partial charge in [0.1, 0.15) is 0 Å². The number of ketones is 1. The predicted octanol–water partition coefficient (Wildman–Crippen LogP) is 4.12. The molecule has 0 fully saturated rings. The highest BCUT2D eigenvalue weighted by molar-refractivity contribution is 6.17. The molecule has 3 rings (SSSR count). The average molecular weight is 392 g/mol.